The van der Waals surface area contributed by atoms with Crippen LogP contribution in [0.25, 0.3) is 26.8 Å². The highest BCUT2D eigenvalue weighted by Gasteiger charge is 2.25. The number of nitrogens with zero attached hydrogens (tertiary/aromatic N) is 2. The number of H-pyrrole nitrogens is 1. The summed E-state index contributed by atoms with van der Waals surface area (Å²) in [5, 5.41) is 6.97. The van der Waals surface area contributed by atoms with Gasteiger partial charge >= 0.3 is 0 Å². The van der Waals surface area contributed by atoms with E-state index in [4.69, 9.17) is 39.8 Å². The summed E-state index contributed by atoms with van der Waals surface area (Å²) in [5.41, 5.74) is 5.45. The molecule has 0 fully saturated rings. The van der Waals surface area contributed by atoms with E-state index < -0.39 is 0 Å². The third-order valence-corrected chi connectivity index (χ3v) is 11.9. The van der Waals surface area contributed by atoms with Crippen LogP contribution >= 0.6 is 57.9 Å². The minimum absolute atomic E-state index is 0.0670. The molecular weight excluding hydrogens is 691 g/mol. The van der Waals surface area contributed by atoms with Crippen LogP contribution in [-0.2, 0) is 17.6 Å². The monoisotopic (exact) mass is 720 g/mol. The van der Waals surface area contributed by atoms with Gasteiger partial charge in [0.1, 0.15) is 4.83 Å². The van der Waals surface area contributed by atoms with Gasteiger partial charge in [0.05, 0.1) is 16.8 Å². The Morgan fingerprint density at radius 3 is 2.68 bits per heavy atom. The molecule has 0 radical (unpaired) electrons. The number of carbonyl (C=O) groups is 1. The average molecular weight is 722 g/mol. The molecule has 1 atom stereocenters. The van der Waals surface area contributed by atoms with Gasteiger partial charge in [-0.25, -0.2) is 4.98 Å². The van der Waals surface area contributed by atoms with Crippen molar-refractivity contribution in [1.82, 2.24) is 19.9 Å². The number of hydrogen-bond acceptors (Lipinski definition) is 5. The molecule has 3 aromatic heterocycles. The fourth-order valence-electron chi connectivity index (χ4n) is 6.36. The number of thiophene rings is 1. The van der Waals surface area contributed by atoms with Gasteiger partial charge in [-0.15, -0.1) is 11.3 Å². The van der Waals surface area contributed by atoms with Crippen molar-refractivity contribution in [2.24, 2.45) is 0 Å². The molecule has 47 heavy (non-hydrogen) atoms. The number of aromatic amines is 1. The molecular formula is C36H31Cl3N4O2S2. The highest BCUT2D eigenvalue weighted by Crippen LogP contribution is 2.37. The number of thioether (sulfide) groups is 1. The second kappa shape index (κ2) is 13.7. The number of carbonyl (C=O) groups excluding carboxylic acids is 1. The summed E-state index contributed by atoms with van der Waals surface area (Å²) in [6.45, 7) is 2.24. The molecule has 1 aliphatic rings. The van der Waals surface area contributed by atoms with E-state index in [9.17, 15) is 9.59 Å². The molecule has 3 heterocycles. The molecule has 1 unspecified atom stereocenters. The van der Waals surface area contributed by atoms with Crippen LogP contribution in [0.5, 0.6) is 0 Å². The maximum absolute atomic E-state index is 14.2. The van der Waals surface area contributed by atoms with Gasteiger partial charge in [0, 0.05) is 49.5 Å². The smallest absolute Gasteiger partial charge is 0.267 e. The Kier molecular flexibility index (Phi) is 9.40. The van der Waals surface area contributed by atoms with Crippen molar-refractivity contribution >= 4 is 84.9 Å². The van der Waals surface area contributed by atoms with Gasteiger partial charge < -0.3 is 10.3 Å². The maximum Gasteiger partial charge on any atom is 0.267 e. The van der Waals surface area contributed by atoms with Crippen LogP contribution in [-0.4, -0.2) is 32.7 Å². The van der Waals surface area contributed by atoms with Gasteiger partial charge in [0.25, 0.3) is 5.56 Å². The zero-order valence-corrected chi connectivity index (χ0v) is 29.4. The van der Waals surface area contributed by atoms with E-state index in [0.29, 0.717) is 37.8 Å². The molecule has 1 amide bonds. The van der Waals surface area contributed by atoms with E-state index >= 15 is 0 Å². The standard InChI is InChI=1S/C36H31Cl3N4O2S2/c1-20-11-13-22(16-28(20)38)43-35(45)33-25-8-3-2-4-10-31(25)47-34(33)42-36(43)46-19-32(44)41-18-26(23-14-12-21(37)15-29(23)39)27-17-40-30-9-6-5-7-24(27)30/h5-7,9,11-17,26,40H,2-4,8,10,18-19H2,1H3,(H,41,44). The molecule has 6 aromatic rings. The van der Waals surface area contributed by atoms with Crippen molar-refractivity contribution in [3.8, 4) is 5.69 Å². The lowest BCUT2D eigenvalue weighted by atomic mass is 9.90. The second-order valence-corrected chi connectivity index (χ2v) is 15.1. The fraction of sp³-hybridized carbons (Fsp3) is 0.250. The molecule has 0 saturated carbocycles. The van der Waals surface area contributed by atoms with Gasteiger partial charge in [0.15, 0.2) is 5.16 Å². The van der Waals surface area contributed by atoms with E-state index in [1.54, 1.807) is 28.0 Å². The highest BCUT2D eigenvalue weighted by atomic mass is 35.5. The first kappa shape index (κ1) is 32.3. The normalized spacial score (nSPS) is 13.9. The summed E-state index contributed by atoms with van der Waals surface area (Å²) in [6, 6.07) is 19.1. The Morgan fingerprint density at radius 1 is 1.02 bits per heavy atom. The number of aryl methyl sites for hydroxylation is 3. The van der Waals surface area contributed by atoms with E-state index in [0.717, 1.165) is 70.1 Å². The minimum atomic E-state index is -0.228. The Hall–Kier alpha value is -3.27. The Labute approximate surface area is 295 Å². The van der Waals surface area contributed by atoms with E-state index in [-0.39, 0.29) is 23.1 Å². The predicted molar refractivity (Wildman–Crippen MR) is 197 cm³/mol. The molecule has 3 aromatic carbocycles. The Morgan fingerprint density at radius 2 is 1.85 bits per heavy atom. The van der Waals surface area contributed by atoms with Crippen molar-refractivity contribution in [2.45, 2.75) is 50.1 Å². The summed E-state index contributed by atoms with van der Waals surface area (Å²) < 4.78 is 1.62. The van der Waals surface area contributed by atoms with Crippen molar-refractivity contribution in [2.75, 3.05) is 12.3 Å². The van der Waals surface area contributed by atoms with Crippen LogP contribution in [0.1, 0.15) is 52.3 Å². The van der Waals surface area contributed by atoms with Crippen molar-refractivity contribution in [3.63, 3.8) is 0 Å². The van der Waals surface area contributed by atoms with Gasteiger partial charge in [0.2, 0.25) is 5.91 Å². The number of aromatic nitrogens is 3. The van der Waals surface area contributed by atoms with Crippen LogP contribution in [0, 0.1) is 6.92 Å². The van der Waals surface area contributed by atoms with E-state index in [1.165, 1.54) is 16.6 Å². The van der Waals surface area contributed by atoms with E-state index in [2.05, 4.69) is 16.4 Å². The summed E-state index contributed by atoms with van der Waals surface area (Å²) in [4.78, 5) is 38.1. The topological polar surface area (TPSA) is 79.8 Å². The SMILES string of the molecule is Cc1ccc(-n2c(SCC(=O)NCC(c3ccc(Cl)cc3Cl)c3c[nH]c4ccccc34)nc3sc4c(c3c2=O)CCCCC4)cc1Cl. The van der Waals surface area contributed by atoms with Crippen LogP contribution < -0.4 is 10.9 Å². The lowest BCUT2D eigenvalue weighted by molar-refractivity contribution is -0.118. The molecule has 0 saturated heterocycles. The lowest BCUT2D eigenvalue weighted by Crippen LogP contribution is -2.31. The van der Waals surface area contributed by atoms with Crippen LogP contribution in [0.2, 0.25) is 15.1 Å². The molecule has 7 rings (SSSR count). The molecule has 0 bridgehead atoms. The van der Waals surface area contributed by atoms with Gasteiger partial charge in [-0.3, -0.25) is 14.2 Å². The first-order chi connectivity index (χ1) is 22.8. The van der Waals surface area contributed by atoms with E-state index in [1.807, 2.05) is 55.6 Å². The lowest BCUT2D eigenvalue weighted by Gasteiger charge is -2.20. The number of para-hydroxylation sites is 1. The first-order valence-electron chi connectivity index (χ1n) is 15.5. The number of halogens is 3. The number of nitrogens with one attached hydrogen (secondary N) is 2. The summed E-state index contributed by atoms with van der Waals surface area (Å²) in [5.74, 6) is -0.346. The summed E-state index contributed by atoms with van der Waals surface area (Å²) >= 11 is 22.3. The largest absolute Gasteiger partial charge is 0.361 e. The molecule has 11 heteroatoms. The minimum Gasteiger partial charge on any atom is -0.361 e. The highest BCUT2D eigenvalue weighted by molar-refractivity contribution is 7.99. The quantitative estimate of drug-likeness (QED) is 0.0933. The zero-order chi connectivity index (χ0) is 32.7. The molecule has 240 valence electrons. The summed E-state index contributed by atoms with van der Waals surface area (Å²) in [6.07, 6.45) is 7.15. The molecule has 6 nitrogen and oxygen atoms in total. The Bertz CT molecular complexity index is 2210. The van der Waals surface area contributed by atoms with Crippen LogP contribution in [0.3, 0.4) is 0 Å². The second-order valence-electron chi connectivity index (χ2n) is 11.8. The third kappa shape index (κ3) is 6.46. The van der Waals surface area contributed by atoms with Gasteiger partial charge in [-0.2, -0.15) is 0 Å². The zero-order valence-electron chi connectivity index (χ0n) is 25.5. The number of benzene rings is 3. The molecule has 0 spiro atoms. The number of hydrogen-bond donors (Lipinski definition) is 2. The third-order valence-electron chi connectivity index (χ3n) is 8.79. The van der Waals surface area contributed by atoms with Gasteiger partial charge in [-0.05, 0) is 85.2 Å². The fourth-order valence-corrected chi connectivity index (χ4v) is 9.22. The van der Waals surface area contributed by atoms with Crippen molar-refractivity contribution < 1.29 is 4.79 Å². The average Bonchev–Trinajstić information content (AvgIpc) is 3.56. The molecule has 0 aliphatic heterocycles. The predicted octanol–water partition coefficient (Wildman–Crippen LogP) is 9.51. The van der Waals surface area contributed by atoms with Crippen LogP contribution in [0.4, 0.5) is 0 Å². The molecule has 2 N–H and O–H groups in total. The number of amides is 1. The van der Waals surface area contributed by atoms with Crippen LogP contribution in [0.15, 0.2) is 76.8 Å². The molecule has 1 aliphatic carbocycles. The maximum atomic E-state index is 14.2. The number of rotatable bonds is 8. The Balaban J connectivity index is 1.19. The van der Waals surface area contributed by atoms with Crippen molar-refractivity contribution in [3.05, 3.63) is 119 Å². The summed E-state index contributed by atoms with van der Waals surface area (Å²) in [7, 11) is 0. The van der Waals surface area contributed by atoms with Crippen molar-refractivity contribution in [1.29, 1.82) is 0 Å². The first-order valence-corrected chi connectivity index (χ1v) is 18.5. The number of fused-ring (bicyclic) bond motifs is 4. The van der Waals surface area contributed by atoms with Gasteiger partial charge in [-0.1, -0.05) is 83.3 Å².